The second kappa shape index (κ2) is 8.43. The molecular formula is C22H24FN3O3. The smallest absolute Gasteiger partial charge is 0.332 e. The lowest BCUT2D eigenvalue weighted by Crippen LogP contribution is -2.44. The molecule has 0 radical (unpaired) electrons. The van der Waals surface area contributed by atoms with Crippen LogP contribution in [0.15, 0.2) is 52.1 Å². The first-order valence-electron chi connectivity index (χ1n) is 9.65. The van der Waals surface area contributed by atoms with E-state index < -0.39 is 11.7 Å². The van der Waals surface area contributed by atoms with Crippen molar-refractivity contribution in [2.75, 3.05) is 0 Å². The molecule has 152 valence electrons. The van der Waals surface area contributed by atoms with Gasteiger partial charge in [0, 0.05) is 13.1 Å². The van der Waals surface area contributed by atoms with Gasteiger partial charge >= 0.3 is 5.69 Å². The quantitative estimate of drug-likeness (QED) is 0.695. The lowest BCUT2D eigenvalue weighted by molar-refractivity contribution is -0.124. The van der Waals surface area contributed by atoms with Crippen molar-refractivity contribution >= 4 is 16.8 Å². The zero-order valence-electron chi connectivity index (χ0n) is 16.7. The average molecular weight is 397 g/mol. The van der Waals surface area contributed by atoms with Crippen molar-refractivity contribution in [1.29, 1.82) is 0 Å². The Kier molecular flexibility index (Phi) is 5.96. The monoisotopic (exact) mass is 397 g/mol. The van der Waals surface area contributed by atoms with E-state index in [0.29, 0.717) is 17.3 Å². The molecule has 0 aliphatic rings. The van der Waals surface area contributed by atoms with E-state index in [0.717, 1.165) is 15.7 Å². The first-order chi connectivity index (χ1) is 13.9. The van der Waals surface area contributed by atoms with E-state index in [1.165, 1.54) is 16.7 Å². The van der Waals surface area contributed by atoms with Gasteiger partial charge in [0.05, 0.1) is 10.9 Å². The molecule has 0 aliphatic heterocycles. The molecule has 0 spiro atoms. The maximum atomic E-state index is 13.1. The van der Waals surface area contributed by atoms with Gasteiger partial charge < -0.3 is 5.32 Å². The molecule has 0 aliphatic carbocycles. The summed E-state index contributed by atoms with van der Waals surface area (Å²) in [5.74, 6) is -0.677. The average Bonchev–Trinajstić information content (AvgIpc) is 2.71. The third-order valence-electron chi connectivity index (χ3n) is 5.02. The van der Waals surface area contributed by atoms with Crippen LogP contribution < -0.4 is 16.6 Å². The van der Waals surface area contributed by atoms with E-state index in [4.69, 9.17) is 0 Å². The second-order valence-corrected chi connectivity index (χ2v) is 6.99. The first kappa shape index (κ1) is 20.5. The summed E-state index contributed by atoms with van der Waals surface area (Å²) >= 11 is 0. The minimum absolute atomic E-state index is 0.217. The molecule has 1 heterocycles. The van der Waals surface area contributed by atoms with Gasteiger partial charge in [0.2, 0.25) is 5.91 Å². The number of nitrogens with one attached hydrogen (secondary N) is 1. The Bertz CT molecular complexity index is 1160. The number of aromatic nitrogens is 2. The van der Waals surface area contributed by atoms with Crippen molar-refractivity contribution in [2.45, 2.75) is 46.3 Å². The summed E-state index contributed by atoms with van der Waals surface area (Å²) < 4.78 is 15.6. The van der Waals surface area contributed by atoms with E-state index in [2.05, 4.69) is 5.32 Å². The molecule has 1 amide bonds. The fraction of sp³-hybridized carbons (Fsp3) is 0.318. The van der Waals surface area contributed by atoms with Crippen molar-refractivity contribution in [3.8, 4) is 0 Å². The molecule has 0 fully saturated rings. The number of hydrogen-bond donors (Lipinski definition) is 1. The summed E-state index contributed by atoms with van der Waals surface area (Å²) in [6, 6.07) is 10.3. The van der Waals surface area contributed by atoms with Crippen LogP contribution in [0.2, 0.25) is 0 Å². The lowest BCUT2D eigenvalue weighted by Gasteiger charge is -2.21. The third kappa shape index (κ3) is 3.99. The van der Waals surface area contributed by atoms with Gasteiger partial charge in [-0.3, -0.25) is 18.7 Å². The largest absolute Gasteiger partial charge is 0.350 e. The van der Waals surface area contributed by atoms with E-state index in [-0.39, 0.29) is 30.4 Å². The normalized spacial score (nSPS) is 12.1. The van der Waals surface area contributed by atoms with E-state index in [1.54, 1.807) is 31.2 Å². The van der Waals surface area contributed by atoms with Crippen molar-refractivity contribution in [3.05, 3.63) is 80.2 Å². The molecule has 6 nitrogen and oxygen atoms in total. The van der Waals surface area contributed by atoms with Crippen molar-refractivity contribution in [1.82, 2.24) is 14.5 Å². The molecule has 1 aromatic heterocycles. The van der Waals surface area contributed by atoms with Crippen LogP contribution in [0.5, 0.6) is 0 Å². The summed E-state index contributed by atoms with van der Waals surface area (Å²) in [5, 5.41) is 3.23. The van der Waals surface area contributed by atoms with Gasteiger partial charge in [0.15, 0.2) is 0 Å². The van der Waals surface area contributed by atoms with Crippen LogP contribution in [-0.2, 0) is 17.9 Å². The van der Waals surface area contributed by atoms with Gasteiger partial charge in [-0.2, -0.15) is 0 Å². The van der Waals surface area contributed by atoms with Crippen molar-refractivity contribution in [3.63, 3.8) is 0 Å². The van der Waals surface area contributed by atoms with Gasteiger partial charge in [-0.25, -0.2) is 9.18 Å². The highest BCUT2D eigenvalue weighted by molar-refractivity contribution is 5.84. The maximum Gasteiger partial charge on any atom is 0.332 e. The van der Waals surface area contributed by atoms with Gasteiger partial charge in [-0.05, 0) is 50.1 Å². The van der Waals surface area contributed by atoms with Gasteiger partial charge in [0.25, 0.3) is 5.56 Å². The number of nitrogens with zero attached hydrogens (tertiary/aromatic N) is 2. The highest BCUT2D eigenvalue weighted by Crippen LogP contribution is 2.18. The molecule has 0 saturated carbocycles. The fourth-order valence-corrected chi connectivity index (χ4v) is 3.47. The van der Waals surface area contributed by atoms with Crippen molar-refractivity contribution in [2.24, 2.45) is 0 Å². The lowest BCUT2D eigenvalue weighted by atomic mass is 10.1. The molecule has 7 heteroatoms. The Morgan fingerprint density at radius 3 is 2.41 bits per heavy atom. The Morgan fingerprint density at radius 1 is 1.10 bits per heavy atom. The summed E-state index contributed by atoms with van der Waals surface area (Å²) in [4.78, 5) is 38.7. The number of benzene rings is 2. The predicted molar refractivity (Wildman–Crippen MR) is 110 cm³/mol. The Balaban J connectivity index is 2.04. The molecule has 3 rings (SSSR count). The van der Waals surface area contributed by atoms with Crippen LogP contribution in [-0.4, -0.2) is 15.0 Å². The molecule has 3 aromatic rings. The number of fused-ring (bicyclic) bond motifs is 1. The molecular weight excluding hydrogens is 373 g/mol. The molecule has 0 bridgehead atoms. The molecule has 29 heavy (non-hydrogen) atoms. The number of carbonyl (C=O) groups excluding carboxylic acids is 1. The highest BCUT2D eigenvalue weighted by Gasteiger charge is 2.24. The van der Waals surface area contributed by atoms with E-state index >= 15 is 0 Å². The number of rotatable bonds is 6. The molecule has 1 atom stereocenters. The SMILES string of the molecule is CC[C@H](C(=O)NCc1ccc(F)cc1)n1c(=O)n(CC)c(=O)c2cc(C)ccc21. The zero-order chi connectivity index (χ0) is 21.1. The number of halogens is 1. The maximum absolute atomic E-state index is 13.1. The molecule has 0 unspecified atom stereocenters. The third-order valence-corrected chi connectivity index (χ3v) is 5.02. The Labute approximate surface area is 167 Å². The number of amides is 1. The highest BCUT2D eigenvalue weighted by atomic mass is 19.1. The number of hydrogen-bond acceptors (Lipinski definition) is 3. The predicted octanol–water partition coefficient (Wildman–Crippen LogP) is 2.90. The molecule has 2 aromatic carbocycles. The Hall–Kier alpha value is -3.22. The van der Waals surface area contributed by atoms with Crippen molar-refractivity contribution < 1.29 is 9.18 Å². The van der Waals surface area contributed by atoms with E-state index in [1.807, 2.05) is 19.9 Å². The minimum Gasteiger partial charge on any atom is -0.350 e. The van der Waals surface area contributed by atoms with Gasteiger partial charge in [0.1, 0.15) is 11.9 Å². The number of aryl methyl sites for hydroxylation is 1. The van der Waals surface area contributed by atoms with Gasteiger partial charge in [-0.1, -0.05) is 30.7 Å². The number of carbonyl (C=O) groups is 1. The van der Waals surface area contributed by atoms with Gasteiger partial charge in [-0.15, -0.1) is 0 Å². The summed E-state index contributed by atoms with van der Waals surface area (Å²) in [6.07, 6.45) is 0.375. The Morgan fingerprint density at radius 2 is 1.79 bits per heavy atom. The zero-order valence-corrected chi connectivity index (χ0v) is 16.7. The van der Waals surface area contributed by atoms with Crippen LogP contribution in [0, 0.1) is 12.7 Å². The van der Waals surface area contributed by atoms with Crippen LogP contribution in [0.25, 0.3) is 10.9 Å². The standard InChI is InChI=1S/C22H24FN3O3/c1-4-18(20(27)24-13-15-7-9-16(23)10-8-15)26-19-11-6-14(3)12-17(19)21(28)25(5-2)22(26)29/h6-12,18H,4-5,13H2,1-3H3,(H,24,27)/t18-/m1/s1. The second-order valence-electron chi connectivity index (χ2n) is 6.99. The minimum atomic E-state index is -0.772. The fourth-order valence-electron chi connectivity index (χ4n) is 3.47. The summed E-state index contributed by atoms with van der Waals surface area (Å²) in [5.41, 5.74) is 1.24. The summed E-state index contributed by atoms with van der Waals surface area (Å²) in [6.45, 7) is 5.85. The van der Waals surface area contributed by atoms with Crippen LogP contribution in [0.4, 0.5) is 4.39 Å². The molecule has 0 saturated heterocycles. The first-order valence-corrected chi connectivity index (χ1v) is 9.65. The molecule has 1 N–H and O–H groups in total. The topological polar surface area (TPSA) is 73.1 Å². The van der Waals surface area contributed by atoms with Crippen LogP contribution in [0.1, 0.15) is 37.4 Å². The summed E-state index contributed by atoms with van der Waals surface area (Å²) in [7, 11) is 0. The van der Waals surface area contributed by atoms with Crippen LogP contribution >= 0.6 is 0 Å². The van der Waals surface area contributed by atoms with Crippen LogP contribution in [0.3, 0.4) is 0 Å². The van der Waals surface area contributed by atoms with E-state index in [9.17, 15) is 18.8 Å².